The number of carbonyl (C=O) groups excluding carboxylic acids is 11. The summed E-state index contributed by atoms with van der Waals surface area (Å²) in [6, 6.07) is -14.5. The van der Waals surface area contributed by atoms with E-state index in [1.165, 1.54) is 13.8 Å². The number of aliphatic hydroxyl groups excluding tert-OH is 2. The van der Waals surface area contributed by atoms with Crippen LogP contribution in [-0.2, 0) is 52.7 Å². The Kier molecular flexibility index (Phi) is 34.7. The molecular formula is C52H98N16O13. The molecule has 11 amide bonds. The molecule has 1 saturated heterocycles. The Morgan fingerprint density at radius 1 is 0.543 bits per heavy atom. The molecule has 0 aliphatic carbocycles. The lowest BCUT2D eigenvalue weighted by Crippen LogP contribution is -2.62. The molecule has 29 heteroatoms. The van der Waals surface area contributed by atoms with Crippen LogP contribution in [0, 0.1) is 17.8 Å². The molecule has 13 atom stereocenters. The fourth-order valence-electron chi connectivity index (χ4n) is 8.57. The van der Waals surface area contributed by atoms with Crippen LogP contribution in [0.3, 0.4) is 0 Å². The third-order valence-electron chi connectivity index (χ3n) is 13.6. The Balaban J connectivity index is 3.79. The van der Waals surface area contributed by atoms with E-state index in [0.717, 1.165) is 19.3 Å². The maximum absolute atomic E-state index is 14.4. The molecule has 1 aliphatic rings. The van der Waals surface area contributed by atoms with Gasteiger partial charge in [-0.1, -0.05) is 60.8 Å². The van der Waals surface area contributed by atoms with E-state index in [1.54, 1.807) is 27.7 Å². The van der Waals surface area contributed by atoms with Crippen molar-refractivity contribution in [3.05, 3.63) is 0 Å². The van der Waals surface area contributed by atoms with E-state index in [-0.39, 0.29) is 83.6 Å². The van der Waals surface area contributed by atoms with E-state index in [4.69, 9.17) is 28.7 Å². The lowest BCUT2D eigenvalue weighted by Gasteiger charge is -2.29. The van der Waals surface area contributed by atoms with Crippen molar-refractivity contribution in [1.29, 1.82) is 0 Å². The highest BCUT2D eigenvalue weighted by atomic mass is 16.3. The van der Waals surface area contributed by atoms with E-state index in [9.17, 15) is 63.0 Å². The summed E-state index contributed by atoms with van der Waals surface area (Å²) in [5.74, 6) is -9.93. The van der Waals surface area contributed by atoms with Gasteiger partial charge in [-0.3, -0.25) is 52.7 Å². The van der Waals surface area contributed by atoms with Crippen LogP contribution in [0.2, 0.25) is 0 Å². The summed E-state index contributed by atoms with van der Waals surface area (Å²) in [4.78, 5) is 152. The summed E-state index contributed by atoms with van der Waals surface area (Å²) in [5, 5.41) is 49.4. The number of nitrogens with one attached hydrogen (secondary N) is 11. The summed E-state index contributed by atoms with van der Waals surface area (Å²) in [6.07, 6.45) is -0.840. The Morgan fingerprint density at radius 3 is 1.51 bits per heavy atom. The van der Waals surface area contributed by atoms with E-state index in [2.05, 4.69) is 72.3 Å². The molecule has 1 heterocycles. The van der Waals surface area contributed by atoms with Crippen molar-refractivity contribution in [2.75, 3.05) is 39.3 Å². The summed E-state index contributed by atoms with van der Waals surface area (Å²) < 4.78 is 0. The molecule has 23 N–H and O–H groups in total. The maximum Gasteiger partial charge on any atom is 0.245 e. The fourth-order valence-corrected chi connectivity index (χ4v) is 8.57. The minimum absolute atomic E-state index is 0.0132. The second-order valence-electron chi connectivity index (χ2n) is 21.5. The average molecular weight is 1160 g/mol. The summed E-state index contributed by atoms with van der Waals surface area (Å²) >= 11 is 0. The molecule has 0 aromatic heterocycles. The van der Waals surface area contributed by atoms with Gasteiger partial charge in [-0.15, -0.1) is 0 Å². The molecule has 29 nitrogen and oxygen atoms in total. The molecule has 1 rings (SSSR count). The predicted octanol–water partition coefficient (Wildman–Crippen LogP) is -5.83. The third kappa shape index (κ3) is 26.6. The number of nitrogens with two attached hydrogens (primary N) is 5. The maximum atomic E-state index is 14.4. The van der Waals surface area contributed by atoms with Gasteiger partial charge in [0.05, 0.1) is 12.2 Å². The van der Waals surface area contributed by atoms with Gasteiger partial charge in [0.15, 0.2) is 0 Å². The van der Waals surface area contributed by atoms with Crippen molar-refractivity contribution in [3.63, 3.8) is 0 Å². The summed E-state index contributed by atoms with van der Waals surface area (Å²) in [6.45, 7) is 12.3. The molecule has 1 aliphatic heterocycles. The molecule has 0 saturated carbocycles. The van der Waals surface area contributed by atoms with Gasteiger partial charge in [-0.2, -0.15) is 0 Å². The van der Waals surface area contributed by atoms with Crippen molar-refractivity contribution in [1.82, 2.24) is 58.5 Å². The lowest BCUT2D eigenvalue weighted by atomic mass is 9.99. The van der Waals surface area contributed by atoms with Gasteiger partial charge in [-0.25, -0.2) is 0 Å². The first-order chi connectivity index (χ1) is 38.2. The molecular weight excluding hydrogens is 1060 g/mol. The monoisotopic (exact) mass is 1150 g/mol. The van der Waals surface area contributed by atoms with Crippen LogP contribution in [0.1, 0.15) is 132 Å². The Hall–Kier alpha value is -6.11. The van der Waals surface area contributed by atoms with E-state index < -0.39 is 156 Å². The topological polar surface area (TPSA) is 491 Å². The molecule has 0 spiro atoms. The zero-order valence-corrected chi connectivity index (χ0v) is 48.7. The smallest absolute Gasteiger partial charge is 0.245 e. The molecule has 0 bridgehead atoms. The number of amides is 11. The Bertz CT molecular complexity index is 2050. The average Bonchev–Trinajstić information content (AvgIpc) is 3.39. The second kappa shape index (κ2) is 38.6. The first kappa shape index (κ1) is 72.9. The van der Waals surface area contributed by atoms with Gasteiger partial charge in [0.1, 0.15) is 60.4 Å². The molecule has 0 radical (unpaired) electrons. The van der Waals surface area contributed by atoms with Crippen molar-refractivity contribution >= 4 is 65.0 Å². The van der Waals surface area contributed by atoms with Gasteiger partial charge < -0.3 is 97.4 Å². The van der Waals surface area contributed by atoms with Gasteiger partial charge in [0.2, 0.25) is 65.0 Å². The summed E-state index contributed by atoms with van der Waals surface area (Å²) in [5.41, 5.74) is 29.2. The second-order valence-corrected chi connectivity index (χ2v) is 21.5. The van der Waals surface area contributed by atoms with Crippen molar-refractivity contribution in [2.24, 2.45) is 46.4 Å². The quantitative estimate of drug-likeness (QED) is 0.0325. The number of carbonyl (C=O) groups is 11. The van der Waals surface area contributed by atoms with Gasteiger partial charge in [0, 0.05) is 13.0 Å². The molecule has 1 fully saturated rings. The minimum Gasteiger partial charge on any atom is -0.391 e. The number of rotatable bonds is 28. The van der Waals surface area contributed by atoms with Gasteiger partial charge in [0.25, 0.3) is 0 Å². The molecule has 0 aromatic rings. The first-order valence-electron chi connectivity index (χ1n) is 28.4. The van der Waals surface area contributed by atoms with Gasteiger partial charge >= 0.3 is 0 Å². The zero-order valence-electron chi connectivity index (χ0n) is 48.7. The lowest BCUT2D eigenvalue weighted by molar-refractivity contribution is -0.137. The van der Waals surface area contributed by atoms with E-state index in [0.29, 0.717) is 12.3 Å². The number of hydrogen-bond donors (Lipinski definition) is 18. The third-order valence-corrected chi connectivity index (χ3v) is 13.6. The summed E-state index contributed by atoms with van der Waals surface area (Å²) in [7, 11) is 0. The van der Waals surface area contributed by atoms with E-state index in [1.807, 2.05) is 0 Å². The van der Waals surface area contributed by atoms with Crippen LogP contribution >= 0.6 is 0 Å². The van der Waals surface area contributed by atoms with Crippen LogP contribution in [0.4, 0.5) is 0 Å². The number of hydrogen-bond acceptors (Lipinski definition) is 18. The van der Waals surface area contributed by atoms with Crippen LogP contribution in [0.25, 0.3) is 0 Å². The van der Waals surface area contributed by atoms with Gasteiger partial charge in [-0.05, 0) is 116 Å². The van der Waals surface area contributed by atoms with E-state index >= 15 is 0 Å². The number of aliphatic hydroxyl groups is 2. The standard InChI is InChI=1S/C52H98N16O13/c1-9-29(6)12-10-11-13-39(71)59-32(14-20-53)47(76)68-42(31(8)70)52(81)64-35(17-23-56)44(73)62-37-19-25-58-50(79)41(30(7)69)67-48(77)36(18-24-57)61-43(72)34(16-22-55)63-51(80)40(28(4)5)66-49(78)38(26-27(2)3)65-45(74)33(15-21-54)60-46(37)75/h27-38,40-42,69-70H,9-26,53-57H2,1-8H3,(H,58,79)(H,59,71)(H,60,75)(H,61,72)(H,62,73)(H,63,80)(H,64,81)(H,65,74)(H,66,78)(H,67,77)(H,68,76). The SMILES string of the molecule is CCC(C)CCCCC(=O)NC(CCN)C(=O)NC(C(=O)NC(CCN)C(=O)NC1CCNC(=O)C(C(C)O)NC(=O)C(CCN)NC(=O)C(CCN)NC(=O)C(C(C)C)NC(=O)C(CC(C)C)NC(=O)C(CCN)NC1=O)C(C)O. The number of unbranched alkanes of at least 4 members (excludes halogenated alkanes) is 1. The molecule has 13 unspecified atom stereocenters. The van der Waals surface area contributed by atoms with Crippen LogP contribution in [0.5, 0.6) is 0 Å². The minimum atomic E-state index is -1.69. The zero-order chi connectivity index (χ0) is 61.5. The highest BCUT2D eigenvalue weighted by Crippen LogP contribution is 2.14. The Labute approximate surface area is 475 Å². The highest BCUT2D eigenvalue weighted by molar-refractivity contribution is 5.99. The Morgan fingerprint density at radius 2 is 1.02 bits per heavy atom. The van der Waals surface area contributed by atoms with Crippen LogP contribution in [-0.4, -0.2) is 187 Å². The van der Waals surface area contributed by atoms with Crippen molar-refractivity contribution < 1.29 is 63.0 Å². The van der Waals surface area contributed by atoms with Crippen LogP contribution < -0.4 is 87.2 Å². The highest BCUT2D eigenvalue weighted by Gasteiger charge is 2.38. The molecule has 0 aromatic carbocycles. The van der Waals surface area contributed by atoms with Crippen LogP contribution in [0.15, 0.2) is 0 Å². The first-order valence-corrected chi connectivity index (χ1v) is 28.4. The normalized spacial score (nSPS) is 23.6. The van der Waals surface area contributed by atoms with Crippen molar-refractivity contribution in [3.8, 4) is 0 Å². The predicted molar refractivity (Wildman–Crippen MR) is 301 cm³/mol. The molecule has 464 valence electrons. The fraction of sp³-hybridized carbons (Fsp3) is 0.788. The molecule has 81 heavy (non-hydrogen) atoms. The van der Waals surface area contributed by atoms with Crippen molar-refractivity contribution in [2.45, 2.75) is 205 Å². The largest absolute Gasteiger partial charge is 0.391 e.